The van der Waals surface area contributed by atoms with Gasteiger partial charge in [-0.1, -0.05) is 59.6 Å². The molecular formula is C30H34BrClN4O7S. The van der Waals surface area contributed by atoms with Gasteiger partial charge in [0.2, 0.25) is 11.8 Å². The van der Waals surface area contributed by atoms with Crippen LogP contribution in [0.3, 0.4) is 0 Å². The molecule has 0 bridgehead atoms. The summed E-state index contributed by atoms with van der Waals surface area (Å²) in [6, 6.07) is 13.9. The molecule has 0 fully saturated rings. The van der Waals surface area contributed by atoms with Crippen LogP contribution in [0.4, 0.5) is 11.4 Å². The van der Waals surface area contributed by atoms with E-state index in [9.17, 15) is 28.1 Å². The highest BCUT2D eigenvalue weighted by Gasteiger charge is 2.35. The van der Waals surface area contributed by atoms with Gasteiger partial charge in [0.1, 0.15) is 18.3 Å². The van der Waals surface area contributed by atoms with E-state index in [0.29, 0.717) is 12.1 Å². The molecule has 1 atom stereocenters. The number of nitrogens with zero attached hydrogens (tertiary/aromatic N) is 3. The van der Waals surface area contributed by atoms with Crippen LogP contribution < -0.4 is 14.4 Å². The van der Waals surface area contributed by atoms with E-state index in [4.69, 9.17) is 16.3 Å². The van der Waals surface area contributed by atoms with Gasteiger partial charge in [-0.2, -0.15) is 0 Å². The topological polar surface area (TPSA) is 139 Å². The molecule has 3 rings (SSSR count). The first-order valence-electron chi connectivity index (χ1n) is 13.6. The maximum Gasteiger partial charge on any atom is 0.273 e. The lowest BCUT2D eigenvalue weighted by molar-refractivity contribution is -0.385. The first kappa shape index (κ1) is 34.8. The fraction of sp³-hybridized carbons (Fsp3) is 0.333. The highest BCUT2D eigenvalue weighted by atomic mass is 79.9. The summed E-state index contributed by atoms with van der Waals surface area (Å²) >= 11 is 9.64. The van der Waals surface area contributed by atoms with E-state index < -0.39 is 49.9 Å². The molecule has 3 aromatic rings. The lowest BCUT2D eigenvalue weighted by Gasteiger charge is -2.32. The van der Waals surface area contributed by atoms with Crippen LogP contribution in [0.2, 0.25) is 5.02 Å². The normalized spacial score (nSPS) is 12.0. The zero-order valence-electron chi connectivity index (χ0n) is 24.9. The van der Waals surface area contributed by atoms with Crippen molar-refractivity contribution in [3.05, 3.63) is 91.4 Å². The molecule has 0 heterocycles. The Balaban J connectivity index is 2.14. The molecule has 0 saturated heterocycles. The second-order valence-corrected chi connectivity index (χ2v) is 13.7. The Kier molecular flexibility index (Phi) is 11.8. The number of ether oxygens (including phenoxy) is 1. The van der Waals surface area contributed by atoms with Crippen LogP contribution in [0, 0.1) is 23.0 Å². The fourth-order valence-corrected chi connectivity index (χ4v) is 6.13. The van der Waals surface area contributed by atoms with Crippen LogP contribution >= 0.6 is 27.5 Å². The van der Waals surface area contributed by atoms with Crippen molar-refractivity contribution in [3.63, 3.8) is 0 Å². The summed E-state index contributed by atoms with van der Waals surface area (Å²) in [4.78, 5) is 39.1. The highest BCUT2D eigenvalue weighted by molar-refractivity contribution is 9.10. The number of benzene rings is 3. The van der Waals surface area contributed by atoms with Gasteiger partial charge in [-0.3, -0.25) is 24.0 Å². The lowest BCUT2D eigenvalue weighted by atomic mass is 10.1. The summed E-state index contributed by atoms with van der Waals surface area (Å²) < 4.78 is 35.4. The Bertz CT molecular complexity index is 1630. The van der Waals surface area contributed by atoms with E-state index in [2.05, 4.69) is 21.2 Å². The van der Waals surface area contributed by atoms with E-state index in [1.807, 2.05) is 13.8 Å². The first-order chi connectivity index (χ1) is 20.6. The van der Waals surface area contributed by atoms with Crippen molar-refractivity contribution < 1.29 is 27.7 Å². The number of hydrogen-bond acceptors (Lipinski definition) is 7. The number of methoxy groups -OCH3 is 1. The number of amides is 2. The minimum Gasteiger partial charge on any atom is -0.495 e. The number of carbonyl (C=O) groups excluding carboxylic acids is 2. The molecule has 236 valence electrons. The summed E-state index contributed by atoms with van der Waals surface area (Å²) in [6.45, 7) is 6.54. The summed E-state index contributed by atoms with van der Waals surface area (Å²) in [5, 5.41) is 14.6. The van der Waals surface area contributed by atoms with Crippen molar-refractivity contribution in [1.29, 1.82) is 0 Å². The van der Waals surface area contributed by atoms with Gasteiger partial charge in [0.05, 0.1) is 22.6 Å². The number of aryl methyl sites for hydroxylation is 1. The predicted octanol–water partition coefficient (Wildman–Crippen LogP) is 5.71. The number of nitro benzene ring substituents is 1. The molecule has 2 amide bonds. The number of carbonyl (C=O) groups is 2. The molecule has 0 aliphatic carbocycles. The molecule has 0 radical (unpaired) electrons. The Morgan fingerprint density at radius 2 is 1.73 bits per heavy atom. The molecule has 0 aliphatic rings. The second-order valence-electron chi connectivity index (χ2n) is 10.5. The number of hydrogen-bond donors (Lipinski definition) is 1. The van der Waals surface area contributed by atoms with Crippen LogP contribution in [0.1, 0.15) is 31.9 Å². The maximum absolute atomic E-state index is 14.2. The molecule has 0 aliphatic heterocycles. The van der Waals surface area contributed by atoms with E-state index in [1.165, 1.54) is 49.3 Å². The van der Waals surface area contributed by atoms with Gasteiger partial charge in [-0.15, -0.1) is 0 Å². The van der Waals surface area contributed by atoms with Crippen LogP contribution in [-0.4, -0.2) is 56.3 Å². The number of nitrogens with one attached hydrogen (secondary N) is 1. The van der Waals surface area contributed by atoms with Gasteiger partial charge in [0.25, 0.3) is 15.7 Å². The molecule has 44 heavy (non-hydrogen) atoms. The summed E-state index contributed by atoms with van der Waals surface area (Å²) in [6.07, 6.45) is 0. The van der Waals surface area contributed by atoms with Gasteiger partial charge < -0.3 is 15.0 Å². The number of sulfonamides is 1. The Morgan fingerprint density at radius 3 is 2.32 bits per heavy atom. The van der Waals surface area contributed by atoms with E-state index in [0.717, 1.165) is 14.8 Å². The highest BCUT2D eigenvalue weighted by Crippen LogP contribution is 2.36. The van der Waals surface area contributed by atoms with Crippen molar-refractivity contribution in [2.24, 2.45) is 5.92 Å². The Labute approximate surface area is 270 Å². The molecule has 3 aromatic carbocycles. The van der Waals surface area contributed by atoms with Gasteiger partial charge in [0.15, 0.2) is 0 Å². The number of anilines is 1. The minimum atomic E-state index is -4.61. The number of halogens is 2. The van der Waals surface area contributed by atoms with Crippen LogP contribution in [0.5, 0.6) is 5.75 Å². The van der Waals surface area contributed by atoms with Gasteiger partial charge in [0, 0.05) is 34.2 Å². The third-order valence-electron chi connectivity index (χ3n) is 6.77. The van der Waals surface area contributed by atoms with Crippen LogP contribution in [0.25, 0.3) is 0 Å². The van der Waals surface area contributed by atoms with Crippen molar-refractivity contribution >= 4 is 60.7 Å². The van der Waals surface area contributed by atoms with Crippen molar-refractivity contribution in [2.75, 3.05) is 24.5 Å². The monoisotopic (exact) mass is 708 g/mol. The standard InChI is InChI=1S/C30H34BrClN4O7S/c1-19(2)16-33-30(38)21(4)34(17-22-7-9-23(31)10-8-22)29(37)18-35(27-14-24(32)11-13-28(27)43-5)44(41,42)25-12-6-20(3)26(15-25)36(39)40/h6-15,19,21H,16-18H2,1-5H3,(H,33,38)/t21-/m1/s1. The van der Waals surface area contributed by atoms with E-state index in [1.54, 1.807) is 31.2 Å². The average molecular weight is 710 g/mol. The summed E-state index contributed by atoms with van der Waals surface area (Å²) in [7, 11) is -3.28. The molecule has 0 saturated carbocycles. The van der Waals surface area contributed by atoms with Crippen LogP contribution in [0.15, 0.2) is 70.0 Å². The molecule has 0 spiro atoms. The summed E-state index contributed by atoms with van der Waals surface area (Å²) in [5.74, 6) is -0.855. The smallest absolute Gasteiger partial charge is 0.273 e. The Morgan fingerprint density at radius 1 is 1.07 bits per heavy atom. The maximum atomic E-state index is 14.2. The zero-order chi connectivity index (χ0) is 32.8. The lowest BCUT2D eigenvalue weighted by Crippen LogP contribution is -2.51. The molecular weight excluding hydrogens is 676 g/mol. The molecule has 14 heteroatoms. The third kappa shape index (κ3) is 8.48. The third-order valence-corrected chi connectivity index (χ3v) is 9.29. The van der Waals surface area contributed by atoms with Crippen molar-refractivity contribution in [3.8, 4) is 5.75 Å². The van der Waals surface area contributed by atoms with Gasteiger partial charge in [-0.05, 0) is 61.7 Å². The van der Waals surface area contributed by atoms with Crippen LogP contribution in [-0.2, 0) is 26.2 Å². The average Bonchev–Trinajstić information content (AvgIpc) is 2.97. The fourth-order valence-electron chi connectivity index (χ4n) is 4.27. The SMILES string of the molecule is COc1ccc(Cl)cc1N(CC(=O)N(Cc1ccc(Br)cc1)[C@H](C)C(=O)NCC(C)C)S(=O)(=O)c1ccc(C)c([N+](=O)[O-])c1. The van der Waals surface area contributed by atoms with Crippen molar-refractivity contribution in [1.82, 2.24) is 10.2 Å². The molecule has 11 nitrogen and oxygen atoms in total. The Hall–Kier alpha value is -3.68. The van der Waals surface area contributed by atoms with Gasteiger partial charge >= 0.3 is 0 Å². The summed E-state index contributed by atoms with van der Waals surface area (Å²) in [5.41, 5.74) is 0.507. The zero-order valence-corrected chi connectivity index (χ0v) is 28.1. The predicted molar refractivity (Wildman–Crippen MR) is 172 cm³/mol. The van der Waals surface area contributed by atoms with E-state index in [-0.39, 0.29) is 34.5 Å². The molecule has 1 N–H and O–H groups in total. The minimum absolute atomic E-state index is 0.00104. The first-order valence-corrected chi connectivity index (χ1v) is 16.2. The quantitative estimate of drug-likeness (QED) is 0.177. The molecule has 0 aromatic heterocycles. The second kappa shape index (κ2) is 14.9. The number of nitro groups is 1. The number of rotatable bonds is 13. The van der Waals surface area contributed by atoms with Gasteiger partial charge in [-0.25, -0.2) is 8.42 Å². The van der Waals surface area contributed by atoms with Crippen molar-refractivity contribution in [2.45, 2.75) is 45.2 Å². The largest absolute Gasteiger partial charge is 0.495 e. The van der Waals surface area contributed by atoms with E-state index >= 15 is 0 Å². The molecule has 0 unspecified atom stereocenters.